The molecule has 0 radical (unpaired) electrons. The van der Waals surface area contributed by atoms with Crippen LogP contribution in [0.2, 0.25) is 18.1 Å². The van der Waals surface area contributed by atoms with Gasteiger partial charge in [0.15, 0.2) is 8.32 Å². The number of carbonyl (C=O) groups excluding carboxylic acids is 1. The van der Waals surface area contributed by atoms with Crippen molar-refractivity contribution in [1.29, 1.82) is 0 Å². The molecular formula is C12H23NO2Si. The molecule has 92 valence electrons. The molecule has 4 heteroatoms. The third-order valence-corrected chi connectivity index (χ3v) is 8.95. The number of carbonyl (C=O) groups is 1. The Balaban J connectivity index is 1.86. The Morgan fingerprint density at radius 3 is 2.44 bits per heavy atom. The van der Waals surface area contributed by atoms with Gasteiger partial charge in [0.2, 0.25) is 5.91 Å². The third kappa shape index (κ3) is 2.05. The van der Waals surface area contributed by atoms with E-state index in [-0.39, 0.29) is 17.0 Å². The lowest BCUT2D eigenvalue weighted by Crippen LogP contribution is -2.45. The number of amides is 1. The molecule has 0 unspecified atom stereocenters. The van der Waals surface area contributed by atoms with E-state index < -0.39 is 8.32 Å². The van der Waals surface area contributed by atoms with Crippen LogP contribution in [0.1, 0.15) is 27.2 Å². The van der Waals surface area contributed by atoms with Crippen molar-refractivity contribution in [1.82, 2.24) is 5.32 Å². The zero-order valence-corrected chi connectivity index (χ0v) is 12.0. The van der Waals surface area contributed by atoms with Crippen molar-refractivity contribution in [2.24, 2.45) is 11.8 Å². The minimum atomic E-state index is -1.66. The van der Waals surface area contributed by atoms with E-state index in [0.717, 1.165) is 6.42 Å². The first-order valence-corrected chi connectivity index (χ1v) is 9.07. The normalized spacial score (nSPS) is 33.6. The quantitative estimate of drug-likeness (QED) is 0.769. The van der Waals surface area contributed by atoms with Crippen LogP contribution in [-0.4, -0.2) is 26.9 Å². The Labute approximate surface area is 99.1 Å². The maximum Gasteiger partial charge on any atom is 0.223 e. The lowest BCUT2D eigenvalue weighted by molar-refractivity contribution is -0.121. The molecule has 2 rings (SSSR count). The van der Waals surface area contributed by atoms with Gasteiger partial charge in [-0.05, 0) is 30.5 Å². The van der Waals surface area contributed by atoms with Gasteiger partial charge in [0.1, 0.15) is 0 Å². The van der Waals surface area contributed by atoms with Gasteiger partial charge < -0.3 is 9.74 Å². The summed E-state index contributed by atoms with van der Waals surface area (Å²) in [5.41, 5.74) is 0. The van der Waals surface area contributed by atoms with Crippen LogP contribution >= 0.6 is 0 Å². The first-order chi connectivity index (χ1) is 7.22. The van der Waals surface area contributed by atoms with Gasteiger partial charge in [-0.3, -0.25) is 4.79 Å². The predicted octanol–water partition coefficient (Wildman–Crippen LogP) is 2.14. The topological polar surface area (TPSA) is 38.3 Å². The van der Waals surface area contributed by atoms with Gasteiger partial charge in [-0.15, -0.1) is 0 Å². The molecule has 0 spiro atoms. The molecule has 0 aromatic heterocycles. The van der Waals surface area contributed by atoms with Crippen LogP contribution in [-0.2, 0) is 9.22 Å². The van der Waals surface area contributed by atoms with Crippen LogP contribution in [0.3, 0.4) is 0 Å². The molecule has 1 amide bonds. The minimum Gasteiger partial charge on any atom is -0.415 e. The van der Waals surface area contributed by atoms with Crippen molar-refractivity contribution in [3.05, 3.63) is 0 Å². The predicted molar refractivity (Wildman–Crippen MR) is 66.7 cm³/mol. The highest BCUT2D eigenvalue weighted by molar-refractivity contribution is 6.74. The maximum absolute atomic E-state index is 11.4. The lowest BCUT2D eigenvalue weighted by atomic mass is 10.2. The summed E-state index contributed by atoms with van der Waals surface area (Å²) in [5.74, 6) is 1.12. The van der Waals surface area contributed by atoms with Gasteiger partial charge in [-0.1, -0.05) is 20.8 Å². The molecule has 0 aromatic rings. The van der Waals surface area contributed by atoms with E-state index in [4.69, 9.17) is 4.43 Å². The zero-order valence-electron chi connectivity index (χ0n) is 11.0. The summed E-state index contributed by atoms with van der Waals surface area (Å²) < 4.78 is 6.15. The van der Waals surface area contributed by atoms with Crippen LogP contribution < -0.4 is 5.32 Å². The SMILES string of the molecule is CC(C)(C)[Si](C)(C)OC[C@H]1NC(=O)[C@@H]2C[C@H]12. The number of nitrogens with one attached hydrogen (secondary N) is 1. The van der Waals surface area contributed by atoms with Gasteiger partial charge in [-0.2, -0.15) is 0 Å². The average Bonchev–Trinajstić information content (AvgIpc) is 2.84. The molecule has 2 fully saturated rings. The molecular weight excluding hydrogens is 218 g/mol. The van der Waals surface area contributed by atoms with Crippen molar-refractivity contribution in [3.63, 3.8) is 0 Å². The number of piperidine rings is 1. The number of fused-ring (bicyclic) bond motifs is 1. The van der Waals surface area contributed by atoms with Crippen molar-refractivity contribution in [2.75, 3.05) is 6.61 Å². The Morgan fingerprint density at radius 2 is 2.06 bits per heavy atom. The summed E-state index contributed by atoms with van der Waals surface area (Å²) in [6.07, 6.45) is 1.08. The molecule has 1 N–H and O–H groups in total. The van der Waals surface area contributed by atoms with E-state index in [1.807, 2.05) is 0 Å². The molecule has 3 nitrogen and oxygen atoms in total. The van der Waals surface area contributed by atoms with Gasteiger partial charge >= 0.3 is 0 Å². The van der Waals surface area contributed by atoms with E-state index in [1.54, 1.807) is 0 Å². The summed E-state index contributed by atoms with van der Waals surface area (Å²) in [6, 6.07) is 0.284. The fraction of sp³-hybridized carbons (Fsp3) is 0.917. The summed E-state index contributed by atoms with van der Waals surface area (Å²) in [6.45, 7) is 12.0. The van der Waals surface area contributed by atoms with Crippen LogP contribution in [0.15, 0.2) is 0 Å². The average molecular weight is 241 g/mol. The van der Waals surface area contributed by atoms with Crippen molar-refractivity contribution in [2.45, 2.75) is 51.4 Å². The Morgan fingerprint density at radius 1 is 1.44 bits per heavy atom. The highest BCUT2D eigenvalue weighted by Gasteiger charge is 2.54. The van der Waals surface area contributed by atoms with Crippen molar-refractivity contribution < 1.29 is 9.22 Å². The summed E-state index contributed by atoms with van der Waals surface area (Å²) in [7, 11) is -1.66. The second kappa shape index (κ2) is 3.57. The van der Waals surface area contributed by atoms with Gasteiger partial charge in [0.05, 0.1) is 12.6 Å². The number of hydrogen-bond donors (Lipinski definition) is 1. The van der Waals surface area contributed by atoms with Crippen LogP contribution in [0.25, 0.3) is 0 Å². The molecule has 16 heavy (non-hydrogen) atoms. The smallest absolute Gasteiger partial charge is 0.223 e. The molecule has 1 aliphatic heterocycles. The van der Waals surface area contributed by atoms with E-state index in [1.165, 1.54) is 0 Å². The fourth-order valence-electron chi connectivity index (χ4n) is 2.04. The van der Waals surface area contributed by atoms with E-state index in [0.29, 0.717) is 18.4 Å². The van der Waals surface area contributed by atoms with Crippen LogP contribution in [0.4, 0.5) is 0 Å². The molecule has 2 aliphatic rings. The van der Waals surface area contributed by atoms with E-state index in [9.17, 15) is 4.79 Å². The maximum atomic E-state index is 11.4. The first kappa shape index (κ1) is 12.1. The first-order valence-electron chi connectivity index (χ1n) is 6.17. The molecule has 0 bridgehead atoms. The number of rotatable bonds is 3. The fourth-order valence-corrected chi connectivity index (χ4v) is 3.07. The molecule has 1 aliphatic carbocycles. The largest absolute Gasteiger partial charge is 0.415 e. The second-order valence-corrected chi connectivity index (χ2v) is 11.5. The minimum absolute atomic E-state index is 0.244. The Bertz CT molecular complexity index is 309. The summed E-state index contributed by atoms with van der Waals surface area (Å²) in [4.78, 5) is 11.4. The Hall–Kier alpha value is -0.353. The summed E-state index contributed by atoms with van der Waals surface area (Å²) in [5, 5.41) is 3.28. The molecule has 1 saturated heterocycles. The standard InChI is InChI=1S/C12H23NO2Si/c1-12(2,3)16(4,5)15-7-10-8-6-9(8)11(14)13-10/h8-10H,6-7H2,1-5H3,(H,13,14)/t8-,9+,10+/m0/s1. The summed E-state index contributed by atoms with van der Waals surface area (Å²) >= 11 is 0. The second-order valence-electron chi connectivity index (χ2n) is 6.69. The van der Waals surface area contributed by atoms with Crippen molar-refractivity contribution in [3.8, 4) is 0 Å². The van der Waals surface area contributed by atoms with E-state index >= 15 is 0 Å². The van der Waals surface area contributed by atoms with Gasteiger partial charge in [0, 0.05) is 5.92 Å². The van der Waals surface area contributed by atoms with E-state index in [2.05, 4.69) is 39.2 Å². The molecule has 0 aromatic carbocycles. The van der Waals surface area contributed by atoms with Gasteiger partial charge in [-0.25, -0.2) is 0 Å². The highest BCUT2D eigenvalue weighted by atomic mass is 28.4. The molecule has 3 atom stereocenters. The third-order valence-electron chi connectivity index (χ3n) is 4.45. The number of hydrogen-bond acceptors (Lipinski definition) is 2. The highest BCUT2D eigenvalue weighted by Crippen LogP contribution is 2.46. The zero-order chi connectivity index (χ0) is 12.1. The molecule has 1 saturated carbocycles. The molecule has 1 heterocycles. The monoisotopic (exact) mass is 241 g/mol. The lowest BCUT2D eigenvalue weighted by Gasteiger charge is -2.37. The van der Waals surface area contributed by atoms with Crippen LogP contribution in [0.5, 0.6) is 0 Å². The van der Waals surface area contributed by atoms with Crippen molar-refractivity contribution >= 4 is 14.2 Å². The Kier molecular flexibility index (Phi) is 2.70. The van der Waals surface area contributed by atoms with Gasteiger partial charge in [0.25, 0.3) is 0 Å². The van der Waals surface area contributed by atoms with Crippen LogP contribution in [0, 0.1) is 11.8 Å².